The van der Waals surface area contributed by atoms with Crippen LogP contribution in [0, 0.1) is 10.1 Å². The van der Waals surface area contributed by atoms with Gasteiger partial charge in [-0.25, -0.2) is 0 Å². The summed E-state index contributed by atoms with van der Waals surface area (Å²) in [5.74, 6) is 0. The number of benzene rings is 1. The van der Waals surface area contributed by atoms with Gasteiger partial charge in [0.2, 0.25) is 0 Å². The van der Waals surface area contributed by atoms with Crippen molar-refractivity contribution < 1.29 is 4.92 Å². The second-order valence-corrected chi connectivity index (χ2v) is 3.52. The van der Waals surface area contributed by atoms with Gasteiger partial charge in [-0.1, -0.05) is 17.7 Å². The van der Waals surface area contributed by atoms with Crippen molar-refractivity contribution in [2.24, 2.45) is 0 Å². The van der Waals surface area contributed by atoms with Crippen LogP contribution < -0.4 is 0 Å². The lowest BCUT2D eigenvalue weighted by molar-refractivity contribution is -0.382. The van der Waals surface area contributed by atoms with Gasteiger partial charge in [-0.2, -0.15) is 4.37 Å². The van der Waals surface area contributed by atoms with E-state index in [1.165, 1.54) is 6.07 Å². The Labute approximate surface area is 82.1 Å². The summed E-state index contributed by atoms with van der Waals surface area (Å²) in [7, 11) is 0. The molecule has 0 fully saturated rings. The zero-order chi connectivity index (χ0) is 9.42. The second kappa shape index (κ2) is 2.93. The third-order valence-corrected chi connectivity index (χ3v) is 2.90. The third kappa shape index (κ3) is 1.26. The van der Waals surface area contributed by atoms with Crippen molar-refractivity contribution in [2.45, 2.75) is 0 Å². The molecule has 0 amide bonds. The zero-order valence-corrected chi connectivity index (χ0v) is 7.80. The Morgan fingerprint density at radius 2 is 2.31 bits per heavy atom. The van der Waals surface area contributed by atoms with E-state index in [2.05, 4.69) is 4.37 Å². The first-order valence-electron chi connectivity index (χ1n) is 3.38. The largest absolute Gasteiger partial charge is 0.288 e. The van der Waals surface area contributed by atoms with Gasteiger partial charge < -0.3 is 0 Å². The lowest BCUT2D eigenvalue weighted by Crippen LogP contribution is -1.86. The molecular formula is C7H3ClN2O2S. The van der Waals surface area contributed by atoms with Crippen molar-refractivity contribution in [3.05, 3.63) is 33.5 Å². The molecule has 13 heavy (non-hydrogen) atoms. The number of nitrogens with zero attached hydrogens (tertiary/aromatic N) is 2. The number of fused-ring (bicyclic) bond motifs is 1. The maximum absolute atomic E-state index is 10.6. The number of hydrogen-bond donors (Lipinski definition) is 0. The number of aromatic nitrogens is 1. The summed E-state index contributed by atoms with van der Waals surface area (Å²) in [5, 5.41) is 11.5. The first-order chi connectivity index (χ1) is 6.20. The zero-order valence-electron chi connectivity index (χ0n) is 6.23. The molecule has 1 heterocycles. The van der Waals surface area contributed by atoms with Crippen LogP contribution >= 0.6 is 23.1 Å². The maximum atomic E-state index is 10.6. The predicted octanol–water partition coefficient (Wildman–Crippen LogP) is 2.86. The molecule has 1 aromatic heterocycles. The van der Waals surface area contributed by atoms with Gasteiger partial charge in [-0.3, -0.25) is 10.1 Å². The minimum atomic E-state index is -0.434. The highest BCUT2D eigenvalue weighted by molar-refractivity contribution is 7.14. The van der Waals surface area contributed by atoms with Gasteiger partial charge in [0.25, 0.3) is 5.69 Å². The van der Waals surface area contributed by atoms with Crippen LogP contribution in [0.2, 0.25) is 5.15 Å². The number of rotatable bonds is 1. The summed E-state index contributed by atoms with van der Waals surface area (Å²) in [6, 6.07) is 4.76. The van der Waals surface area contributed by atoms with E-state index in [1.807, 2.05) is 0 Å². The van der Waals surface area contributed by atoms with Gasteiger partial charge in [-0.05, 0) is 17.6 Å². The van der Waals surface area contributed by atoms with E-state index in [9.17, 15) is 10.1 Å². The lowest BCUT2D eigenvalue weighted by Gasteiger charge is -1.90. The first-order valence-corrected chi connectivity index (χ1v) is 4.53. The molecule has 0 aliphatic heterocycles. The third-order valence-electron chi connectivity index (χ3n) is 1.63. The quantitative estimate of drug-likeness (QED) is 0.542. The maximum Gasteiger partial charge on any atom is 0.288 e. The van der Waals surface area contributed by atoms with E-state index >= 15 is 0 Å². The number of halogens is 1. The van der Waals surface area contributed by atoms with Crippen LogP contribution in [0.3, 0.4) is 0 Å². The Morgan fingerprint density at radius 1 is 1.54 bits per heavy atom. The molecule has 0 radical (unpaired) electrons. The fraction of sp³-hybridized carbons (Fsp3) is 0. The topological polar surface area (TPSA) is 56.0 Å². The van der Waals surface area contributed by atoms with Gasteiger partial charge in [0.05, 0.1) is 4.92 Å². The average molecular weight is 215 g/mol. The van der Waals surface area contributed by atoms with Gasteiger partial charge in [0.15, 0.2) is 5.15 Å². The van der Waals surface area contributed by atoms with E-state index in [0.717, 1.165) is 11.5 Å². The molecule has 0 atom stereocenters. The number of non-ortho nitro benzene ring substituents is 1. The van der Waals surface area contributed by atoms with Gasteiger partial charge in [0, 0.05) is 11.5 Å². The van der Waals surface area contributed by atoms with Crippen LogP contribution in [0.4, 0.5) is 5.69 Å². The molecule has 0 N–H and O–H groups in total. The molecule has 0 unspecified atom stereocenters. The normalized spacial score (nSPS) is 10.5. The second-order valence-electron chi connectivity index (χ2n) is 2.38. The van der Waals surface area contributed by atoms with Crippen molar-refractivity contribution in [3.63, 3.8) is 0 Å². The highest BCUT2D eigenvalue weighted by Crippen LogP contribution is 2.33. The van der Waals surface area contributed by atoms with Gasteiger partial charge in [-0.15, -0.1) is 0 Å². The van der Waals surface area contributed by atoms with Crippen molar-refractivity contribution in [2.75, 3.05) is 0 Å². The molecule has 6 heteroatoms. The van der Waals surface area contributed by atoms with Crippen LogP contribution in [0.15, 0.2) is 18.2 Å². The molecule has 0 bridgehead atoms. The van der Waals surface area contributed by atoms with Gasteiger partial charge in [0.1, 0.15) is 4.70 Å². The van der Waals surface area contributed by atoms with Crippen LogP contribution in [0.5, 0.6) is 0 Å². The van der Waals surface area contributed by atoms with E-state index in [1.54, 1.807) is 12.1 Å². The Hall–Kier alpha value is -1.20. The average Bonchev–Trinajstić information content (AvgIpc) is 2.48. The molecular weight excluding hydrogens is 212 g/mol. The van der Waals surface area contributed by atoms with Crippen molar-refractivity contribution >= 4 is 38.9 Å². The molecule has 0 saturated carbocycles. The lowest BCUT2D eigenvalue weighted by atomic mass is 10.2. The van der Waals surface area contributed by atoms with Crippen LogP contribution in [0.1, 0.15) is 0 Å². The molecule has 0 saturated heterocycles. The molecule has 0 aliphatic rings. The summed E-state index contributed by atoms with van der Waals surface area (Å²) in [6.07, 6.45) is 0. The highest BCUT2D eigenvalue weighted by Gasteiger charge is 2.15. The van der Waals surface area contributed by atoms with Crippen molar-refractivity contribution in [1.82, 2.24) is 4.37 Å². The minimum absolute atomic E-state index is 0.0573. The highest BCUT2D eigenvalue weighted by atomic mass is 35.5. The molecule has 0 aliphatic carbocycles. The summed E-state index contributed by atoms with van der Waals surface area (Å²) < 4.78 is 4.37. The smallest absolute Gasteiger partial charge is 0.258 e. The fourth-order valence-electron chi connectivity index (χ4n) is 1.06. The molecule has 2 aromatic rings. The van der Waals surface area contributed by atoms with Crippen LogP contribution in [-0.2, 0) is 0 Å². The molecule has 0 spiro atoms. The molecule has 1 aromatic carbocycles. The standard InChI is InChI=1S/C7H3ClN2O2S/c8-7-4-2-1-3-5(10(11)12)6(4)13-9-7/h1-3H. The molecule has 66 valence electrons. The summed E-state index contributed by atoms with van der Waals surface area (Å²) in [6.45, 7) is 0. The number of nitro groups is 1. The Bertz CT molecular complexity index is 482. The summed E-state index contributed by atoms with van der Waals surface area (Å²) in [4.78, 5) is 10.1. The Kier molecular flexibility index (Phi) is 1.90. The molecule has 2 rings (SSSR count). The summed E-state index contributed by atoms with van der Waals surface area (Å²) in [5.41, 5.74) is 0.0573. The number of nitro benzene ring substituents is 1. The van der Waals surface area contributed by atoms with E-state index in [0.29, 0.717) is 15.2 Å². The fourth-order valence-corrected chi connectivity index (χ4v) is 2.15. The molecule has 4 nitrogen and oxygen atoms in total. The first kappa shape index (κ1) is 8.40. The van der Waals surface area contributed by atoms with Crippen LogP contribution in [-0.4, -0.2) is 9.30 Å². The summed E-state index contributed by atoms with van der Waals surface area (Å²) >= 11 is 6.77. The minimum Gasteiger partial charge on any atom is -0.258 e. The van der Waals surface area contributed by atoms with E-state index in [-0.39, 0.29) is 5.69 Å². The Balaban J connectivity index is 2.84. The SMILES string of the molecule is O=[N+]([O-])c1cccc2c(Cl)nsc12. The van der Waals surface area contributed by atoms with Gasteiger partial charge >= 0.3 is 0 Å². The van der Waals surface area contributed by atoms with E-state index < -0.39 is 4.92 Å². The van der Waals surface area contributed by atoms with E-state index in [4.69, 9.17) is 11.6 Å². The van der Waals surface area contributed by atoms with Crippen LogP contribution in [0.25, 0.3) is 10.1 Å². The number of hydrogen-bond acceptors (Lipinski definition) is 4. The monoisotopic (exact) mass is 214 g/mol. The predicted molar refractivity (Wildman–Crippen MR) is 51.3 cm³/mol. The van der Waals surface area contributed by atoms with Crippen molar-refractivity contribution in [1.29, 1.82) is 0 Å². The van der Waals surface area contributed by atoms with Crippen molar-refractivity contribution in [3.8, 4) is 0 Å². The Morgan fingerprint density at radius 3 is 3.00 bits per heavy atom.